The number of aromatic nitrogens is 1. The largest absolute Gasteiger partial charge is 0.463 e. The molecule has 1 saturated heterocycles. The molecule has 3 N–H and O–H groups in total. The number of alkyl halides is 3. The van der Waals surface area contributed by atoms with Crippen LogP contribution in [0.2, 0.25) is 0 Å². The number of nitrogens with zero attached hydrogens (tertiary/aromatic N) is 3. The first-order valence-electron chi connectivity index (χ1n) is 12.8. The Morgan fingerprint density at radius 1 is 0.974 bits per heavy atom. The monoisotopic (exact) mass is 542 g/mol. The summed E-state index contributed by atoms with van der Waals surface area (Å²) in [5.41, 5.74) is 6.08. The van der Waals surface area contributed by atoms with E-state index in [-0.39, 0.29) is 24.7 Å². The smallest absolute Gasteiger partial charge is 0.421 e. The molecule has 2 atom stereocenters. The summed E-state index contributed by atoms with van der Waals surface area (Å²) in [6.45, 7) is 4.41. The lowest BCUT2D eigenvalue weighted by Gasteiger charge is -2.40. The van der Waals surface area contributed by atoms with Gasteiger partial charge in [0.15, 0.2) is 5.60 Å². The Hall–Kier alpha value is -3.31. The van der Waals surface area contributed by atoms with Crippen LogP contribution in [0.3, 0.4) is 0 Å². The molecule has 10 heteroatoms. The summed E-state index contributed by atoms with van der Waals surface area (Å²) < 4.78 is 44.8. The van der Waals surface area contributed by atoms with Gasteiger partial charge < -0.3 is 15.6 Å². The average molecular weight is 543 g/mol. The summed E-state index contributed by atoms with van der Waals surface area (Å²) in [5, 5.41) is 9.90. The lowest BCUT2D eigenvalue weighted by atomic mass is 9.93. The second-order valence-corrected chi connectivity index (χ2v) is 9.88. The molecule has 3 aromatic rings. The highest BCUT2D eigenvalue weighted by Crippen LogP contribution is 2.39. The highest BCUT2D eigenvalue weighted by molar-refractivity contribution is 5.76. The van der Waals surface area contributed by atoms with Crippen molar-refractivity contribution in [1.29, 1.82) is 0 Å². The van der Waals surface area contributed by atoms with Crippen LogP contribution in [0, 0.1) is 0 Å². The SMILES string of the molecule is CC(O)(c1ccc(-c2ccc(CN3CCN(Cc4ccncc4)C[C@H]3C(=O)OCCN)cc2)cc1)C(F)(F)F. The molecule has 1 aromatic heterocycles. The van der Waals surface area contributed by atoms with Gasteiger partial charge in [-0.1, -0.05) is 48.5 Å². The third kappa shape index (κ3) is 7.02. The molecule has 0 spiro atoms. The number of halogens is 3. The van der Waals surface area contributed by atoms with Crippen molar-refractivity contribution in [1.82, 2.24) is 14.8 Å². The number of ether oxygens (including phenoxy) is 1. The fraction of sp³-hybridized carbons (Fsp3) is 0.379. The Bertz CT molecular complexity index is 1220. The van der Waals surface area contributed by atoms with E-state index in [0.717, 1.165) is 35.7 Å². The summed E-state index contributed by atoms with van der Waals surface area (Å²) in [6, 6.07) is 16.9. The number of aliphatic hydroxyl groups is 1. The van der Waals surface area contributed by atoms with Crippen LogP contribution in [0.25, 0.3) is 11.1 Å². The molecule has 39 heavy (non-hydrogen) atoms. The molecular formula is C29H33F3N4O3. The summed E-state index contributed by atoms with van der Waals surface area (Å²) >= 11 is 0. The van der Waals surface area contributed by atoms with Crippen LogP contribution >= 0.6 is 0 Å². The molecule has 1 aliphatic heterocycles. The summed E-state index contributed by atoms with van der Waals surface area (Å²) in [5.74, 6) is -0.300. The van der Waals surface area contributed by atoms with E-state index in [0.29, 0.717) is 26.2 Å². The van der Waals surface area contributed by atoms with Gasteiger partial charge in [-0.15, -0.1) is 0 Å². The standard InChI is InChI=1S/C29H33F3N4O3/c1-28(38,29(30,31)32)25-8-6-24(7-9-25)23-4-2-21(3-5-23)19-36-16-15-35(18-22-10-13-34-14-11-22)20-26(36)27(37)39-17-12-33/h2-11,13-14,26,38H,12,15-20,33H2,1H3/t26-,28?/m0/s1. The van der Waals surface area contributed by atoms with E-state index < -0.39 is 17.8 Å². The van der Waals surface area contributed by atoms with Crippen LogP contribution in [-0.4, -0.2) is 70.9 Å². The normalized spacial score (nSPS) is 18.5. The van der Waals surface area contributed by atoms with E-state index in [1.54, 1.807) is 24.5 Å². The van der Waals surface area contributed by atoms with Gasteiger partial charge >= 0.3 is 12.1 Å². The highest BCUT2D eigenvalue weighted by atomic mass is 19.4. The Balaban J connectivity index is 1.44. The van der Waals surface area contributed by atoms with Gasteiger partial charge in [-0.05, 0) is 46.9 Å². The minimum atomic E-state index is -4.77. The third-order valence-electron chi connectivity index (χ3n) is 7.04. The average Bonchev–Trinajstić information content (AvgIpc) is 2.93. The fourth-order valence-corrected chi connectivity index (χ4v) is 4.62. The summed E-state index contributed by atoms with van der Waals surface area (Å²) in [6.07, 6.45) is -1.26. The number of pyridine rings is 1. The number of rotatable bonds is 9. The zero-order valence-corrected chi connectivity index (χ0v) is 21.8. The predicted octanol–water partition coefficient (Wildman–Crippen LogP) is 3.71. The van der Waals surface area contributed by atoms with E-state index in [4.69, 9.17) is 10.5 Å². The van der Waals surface area contributed by atoms with Gasteiger partial charge in [0.2, 0.25) is 0 Å². The zero-order valence-electron chi connectivity index (χ0n) is 21.8. The van der Waals surface area contributed by atoms with Crippen molar-refractivity contribution < 1.29 is 27.8 Å². The highest BCUT2D eigenvalue weighted by Gasteiger charge is 2.51. The minimum Gasteiger partial charge on any atom is -0.463 e. The number of benzene rings is 2. The van der Waals surface area contributed by atoms with Crippen molar-refractivity contribution in [3.8, 4) is 11.1 Å². The van der Waals surface area contributed by atoms with Gasteiger partial charge in [0, 0.05) is 51.7 Å². The molecule has 0 saturated carbocycles. The van der Waals surface area contributed by atoms with E-state index in [1.807, 2.05) is 36.4 Å². The maximum atomic E-state index is 13.1. The van der Waals surface area contributed by atoms with Gasteiger partial charge in [-0.25, -0.2) is 0 Å². The van der Waals surface area contributed by atoms with Gasteiger partial charge in [-0.2, -0.15) is 13.2 Å². The maximum absolute atomic E-state index is 13.1. The van der Waals surface area contributed by atoms with Crippen LogP contribution in [0.5, 0.6) is 0 Å². The van der Waals surface area contributed by atoms with Crippen molar-refractivity contribution in [2.75, 3.05) is 32.8 Å². The van der Waals surface area contributed by atoms with Gasteiger partial charge in [-0.3, -0.25) is 19.6 Å². The molecule has 0 amide bonds. The number of hydrogen-bond acceptors (Lipinski definition) is 7. The van der Waals surface area contributed by atoms with E-state index in [1.165, 1.54) is 12.1 Å². The molecule has 1 unspecified atom stereocenters. The second-order valence-electron chi connectivity index (χ2n) is 9.88. The molecule has 1 aliphatic rings. The van der Waals surface area contributed by atoms with Crippen LogP contribution in [0.4, 0.5) is 13.2 Å². The molecule has 0 bridgehead atoms. The Morgan fingerprint density at radius 3 is 2.15 bits per heavy atom. The number of carbonyl (C=O) groups is 1. The summed E-state index contributed by atoms with van der Waals surface area (Å²) in [7, 11) is 0. The Morgan fingerprint density at radius 2 is 1.56 bits per heavy atom. The molecule has 2 aromatic carbocycles. The molecule has 0 radical (unpaired) electrons. The van der Waals surface area contributed by atoms with E-state index >= 15 is 0 Å². The van der Waals surface area contributed by atoms with Crippen LogP contribution in [-0.2, 0) is 28.2 Å². The van der Waals surface area contributed by atoms with E-state index in [2.05, 4.69) is 14.8 Å². The quantitative estimate of drug-likeness (QED) is 0.399. The van der Waals surface area contributed by atoms with Crippen molar-refractivity contribution in [3.63, 3.8) is 0 Å². The van der Waals surface area contributed by atoms with Gasteiger partial charge in [0.1, 0.15) is 12.6 Å². The first-order chi connectivity index (χ1) is 18.6. The first-order valence-corrected chi connectivity index (χ1v) is 12.8. The molecule has 0 aliphatic carbocycles. The molecule has 208 valence electrons. The van der Waals surface area contributed by atoms with Crippen molar-refractivity contribution in [2.24, 2.45) is 5.73 Å². The first kappa shape index (κ1) is 28.7. The van der Waals surface area contributed by atoms with Crippen LogP contribution in [0.1, 0.15) is 23.6 Å². The molecule has 7 nitrogen and oxygen atoms in total. The van der Waals surface area contributed by atoms with Gasteiger partial charge in [0.25, 0.3) is 0 Å². The second kappa shape index (κ2) is 12.3. The van der Waals surface area contributed by atoms with E-state index in [9.17, 15) is 23.1 Å². The van der Waals surface area contributed by atoms with Gasteiger partial charge in [0.05, 0.1) is 0 Å². The molecule has 4 rings (SSSR count). The lowest BCUT2D eigenvalue weighted by molar-refractivity contribution is -0.258. The topological polar surface area (TPSA) is 91.9 Å². The number of hydrogen-bond donors (Lipinski definition) is 2. The molecule has 1 fully saturated rings. The Kier molecular flexibility index (Phi) is 9.01. The minimum absolute atomic E-state index is 0.166. The number of carbonyl (C=O) groups excluding carboxylic acids is 1. The van der Waals surface area contributed by atoms with Crippen molar-refractivity contribution >= 4 is 5.97 Å². The van der Waals surface area contributed by atoms with Crippen LogP contribution in [0.15, 0.2) is 73.1 Å². The third-order valence-corrected chi connectivity index (χ3v) is 7.04. The lowest BCUT2D eigenvalue weighted by Crippen LogP contribution is -2.56. The maximum Gasteiger partial charge on any atom is 0.421 e. The Labute approximate surface area is 226 Å². The van der Waals surface area contributed by atoms with Crippen LogP contribution < -0.4 is 5.73 Å². The summed E-state index contributed by atoms with van der Waals surface area (Å²) in [4.78, 5) is 21.3. The number of esters is 1. The zero-order chi connectivity index (χ0) is 28.0. The molecule has 2 heterocycles. The molecular weight excluding hydrogens is 509 g/mol. The van der Waals surface area contributed by atoms with Crippen molar-refractivity contribution in [2.45, 2.75) is 37.8 Å². The fourth-order valence-electron chi connectivity index (χ4n) is 4.62. The predicted molar refractivity (Wildman–Crippen MR) is 141 cm³/mol. The number of piperazine rings is 1. The number of nitrogens with two attached hydrogens (primary N) is 1. The van der Waals surface area contributed by atoms with Crippen molar-refractivity contribution in [3.05, 3.63) is 89.7 Å².